The Morgan fingerprint density at radius 2 is 2.36 bits per heavy atom. The SMILES string of the molecule is CCNC1CCN(CCS(C)=O)C1=O. The van der Waals surface area contributed by atoms with Gasteiger partial charge in [-0.25, -0.2) is 0 Å². The minimum atomic E-state index is -0.806. The molecule has 1 amide bonds. The van der Waals surface area contributed by atoms with Gasteiger partial charge in [0.1, 0.15) is 0 Å². The standard InChI is InChI=1S/C9H18N2O2S/c1-3-10-8-4-5-11(9(8)12)6-7-14(2)13/h8,10H,3-7H2,1-2H3. The zero-order valence-electron chi connectivity index (χ0n) is 8.78. The second kappa shape index (κ2) is 5.46. The number of amides is 1. The van der Waals surface area contributed by atoms with Crippen LogP contribution in [0.5, 0.6) is 0 Å². The molecule has 0 spiro atoms. The van der Waals surface area contributed by atoms with E-state index in [1.165, 1.54) is 0 Å². The summed E-state index contributed by atoms with van der Waals surface area (Å²) in [6.07, 6.45) is 2.55. The van der Waals surface area contributed by atoms with Crippen LogP contribution in [0.15, 0.2) is 0 Å². The molecular weight excluding hydrogens is 200 g/mol. The highest BCUT2D eigenvalue weighted by Crippen LogP contribution is 2.10. The van der Waals surface area contributed by atoms with Gasteiger partial charge >= 0.3 is 0 Å². The number of carbonyl (C=O) groups is 1. The van der Waals surface area contributed by atoms with Crippen molar-refractivity contribution < 1.29 is 9.00 Å². The fourth-order valence-corrected chi connectivity index (χ4v) is 2.11. The molecule has 0 saturated carbocycles. The van der Waals surface area contributed by atoms with E-state index in [4.69, 9.17) is 0 Å². The Morgan fingerprint density at radius 1 is 1.64 bits per heavy atom. The molecule has 1 rings (SSSR count). The summed E-state index contributed by atoms with van der Waals surface area (Å²) >= 11 is 0. The normalized spacial score (nSPS) is 24.3. The molecular formula is C9H18N2O2S. The fraction of sp³-hybridized carbons (Fsp3) is 0.889. The van der Waals surface area contributed by atoms with Gasteiger partial charge in [-0.1, -0.05) is 6.92 Å². The van der Waals surface area contributed by atoms with E-state index < -0.39 is 10.8 Å². The molecule has 1 aliphatic heterocycles. The summed E-state index contributed by atoms with van der Waals surface area (Å²) in [5.41, 5.74) is 0. The average Bonchev–Trinajstić information content (AvgIpc) is 2.46. The van der Waals surface area contributed by atoms with Crippen LogP contribution in [-0.2, 0) is 15.6 Å². The predicted octanol–water partition coefficient (Wildman–Crippen LogP) is -0.425. The van der Waals surface area contributed by atoms with Gasteiger partial charge < -0.3 is 10.2 Å². The van der Waals surface area contributed by atoms with Gasteiger partial charge in [-0.2, -0.15) is 0 Å². The Morgan fingerprint density at radius 3 is 2.93 bits per heavy atom. The Labute approximate surface area is 87.5 Å². The molecule has 1 saturated heterocycles. The molecule has 14 heavy (non-hydrogen) atoms. The third kappa shape index (κ3) is 3.06. The van der Waals surface area contributed by atoms with Crippen LogP contribution in [0, 0.1) is 0 Å². The smallest absolute Gasteiger partial charge is 0.239 e. The minimum absolute atomic E-state index is 0.00899. The minimum Gasteiger partial charge on any atom is -0.340 e. The largest absolute Gasteiger partial charge is 0.340 e. The van der Waals surface area contributed by atoms with Crippen molar-refractivity contribution in [3.8, 4) is 0 Å². The van der Waals surface area contributed by atoms with Crippen LogP contribution in [0.1, 0.15) is 13.3 Å². The average molecular weight is 218 g/mol. The van der Waals surface area contributed by atoms with Crippen LogP contribution in [0.25, 0.3) is 0 Å². The van der Waals surface area contributed by atoms with Gasteiger partial charge in [-0.05, 0) is 13.0 Å². The topological polar surface area (TPSA) is 49.4 Å². The van der Waals surface area contributed by atoms with Gasteiger partial charge in [0.15, 0.2) is 0 Å². The van der Waals surface area contributed by atoms with Gasteiger partial charge in [0, 0.05) is 35.9 Å². The first-order valence-corrected chi connectivity index (χ1v) is 6.70. The number of likely N-dealkylation sites (N-methyl/N-ethyl adjacent to an activating group) is 1. The molecule has 2 unspecified atom stereocenters. The first-order chi connectivity index (χ1) is 6.65. The Balaban J connectivity index is 2.35. The number of hydrogen-bond acceptors (Lipinski definition) is 3. The summed E-state index contributed by atoms with van der Waals surface area (Å²) in [5.74, 6) is 0.752. The second-order valence-electron chi connectivity index (χ2n) is 3.50. The van der Waals surface area contributed by atoms with Crippen molar-refractivity contribution in [1.29, 1.82) is 0 Å². The van der Waals surface area contributed by atoms with E-state index in [1.54, 1.807) is 11.2 Å². The predicted molar refractivity (Wildman–Crippen MR) is 57.6 cm³/mol. The van der Waals surface area contributed by atoms with E-state index in [0.29, 0.717) is 12.3 Å². The lowest BCUT2D eigenvalue weighted by molar-refractivity contribution is -0.129. The molecule has 0 aromatic carbocycles. The molecule has 1 fully saturated rings. The van der Waals surface area contributed by atoms with E-state index in [1.807, 2.05) is 6.92 Å². The highest BCUT2D eigenvalue weighted by Gasteiger charge is 2.30. The van der Waals surface area contributed by atoms with Crippen molar-refractivity contribution in [2.45, 2.75) is 19.4 Å². The molecule has 2 atom stereocenters. The molecule has 4 nitrogen and oxygen atoms in total. The molecule has 82 valence electrons. The molecule has 0 aromatic heterocycles. The summed E-state index contributed by atoms with van der Waals surface area (Å²) in [6.45, 7) is 4.25. The van der Waals surface area contributed by atoms with E-state index >= 15 is 0 Å². The molecule has 1 aliphatic rings. The first kappa shape index (κ1) is 11.7. The van der Waals surface area contributed by atoms with Crippen LogP contribution in [-0.4, -0.2) is 52.7 Å². The van der Waals surface area contributed by atoms with Crippen LogP contribution < -0.4 is 5.32 Å². The summed E-state index contributed by atoms with van der Waals surface area (Å²) < 4.78 is 10.9. The van der Waals surface area contributed by atoms with E-state index in [2.05, 4.69) is 5.32 Å². The number of rotatable bonds is 5. The van der Waals surface area contributed by atoms with Crippen molar-refractivity contribution in [1.82, 2.24) is 10.2 Å². The quantitative estimate of drug-likeness (QED) is 0.681. The van der Waals surface area contributed by atoms with Crippen LogP contribution in [0.2, 0.25) is 0 Å². The van der Waals surface area contributed by atoms with E-state index in [9.17, 15) is 9.00 Å². The van der Waals surface area contributed by atoms with Crippen LogP contribution >= 0.6 is 0 Å². The maximum absolute atomic E-state index is 11.7. The summed E-state index contributed by atoms with van der Waals surface area (Å²) in [6, 6.07) is -0.00899. The van der Waals surface area contributed by atoms with Crippen molar-refractivity contribution in [2.75, 3.05) is 31.6 Å². The fourth-order valence-electron chi connectivity index (χ4n) is 1.64. The molecule has 5 heteroatoms. The van der Waals surface area contributed by atoms with Gasteiger partial charge in [-0.3, -0.25) is 9.00 Å². The maximum atomic E-state index is 11.7. The molecule has 1 heterocycles. The zero-order chi connectivity index (χ0) is 10.6. The number of nitrogens with one attached hydrogen (secondary N) is 1. The van der Waals surface area contributed by atoms with Crippen molar-refractivity contribution in [3.05, 3.63) is 0 Å². The third-order valence-corrected chi connectivity index (χ3v) is 3.15. The van der Waals surface area contributed by atoms with Gasteiger partial charge in [0.2, 0.25) is 5.91 Å². The Bertz CT molecular complexity index is 233. The molecule has 0 radical (unpaired) electrons. The molecule has 0 aliphatic carbocycles. The second-order valence-corrected chi connectivity index (χ2v) is 5.06. The van der Waals surface area contributed by atoms with Gasteiger partial charge in [0.05, 0.1) is 6.04 Å². The lowest BCUT2D eigenvalue weighted by atomic mass is 10.2. The third-order valence-electron chi connectivity index (χ3n) is 2.40. The number of carbonyl (C=O) groups excluding carboxylic acids is 1. The lowest BCUT2D eigenvalue weighted by Gasteiger charge is -2.15. The van der Waals surface area contributed by atoms with Gasteiger partial charge in [0.25, 0.3) is 0 Å². The summed E-state index contributed by atoms with van der Waals surface area (Å²) in [4.78, 5) is 13.5. The van der Waals surface area contributed by atoms with Crippen molar-refractivity contribution in [3.63, 3.8) is 0 Å². The van der Waals surface area contributed by atoms with Crippen molar-refractivity contribution in [2.24, 2.45) is 0 Å². The van der Waals surface area contributed by atoms with E-state index in [-0.39, 0.29) is 11.9 Å². The summed E-state index contributed by atoms with van der Waals surface area (Å²) in [5, 5.41) is 3.14. The summed E-state index contributed by atoms with van der Waals surface area (Å²) in [7, 11) is -0.806. The van der Waals surface area contributed by atoms with Crippen LogP contribution in [0.4, 0.5) is 0 Å². The lowest BCUT2D eigenvalue weighted by Crippen LogP contribution is -2.39. The Hall–Kier alpha value is -0.420. The molecule has 0 aromatic rings. The monoisotopic (exact) mass is 218 g/mol. The highest BCUT2D eigenvalue weighted by molar-refractivity contribution is 7.84. The first-order valence-electron chi connectivity index (χ1n) is 4.97. The van der Waals surface area contributed by atoms with E-state index in [0.717, 1.165) is 19.5 Å². The zero-order valence-corrected chi connectivity index (χ0v) is 9.60. The number of nitrogens with zero attached hydrogens (tertiary/aromatic N) is 1. The van der Waals surface area contributed by atoms with Crippen molar-refractivity contribution >= 4 is 16.7 Å². The molecule has 0 bridgehead atoms. The number of likely N-dealkylation sites (tertiary alicyclic amines) is 1. The number of hydrogen-bond donors (Lipinski definition) is 1. The van der Waals surface area contributed by atoms with Gasteiger partial charge in [-0.15, -0.1) is 0 Å². The highest BCUT2D eigenvalue weighted by atomic mass is 32.2. The maximum Gasteiger partial charge on any atom is 0.239 e. The van der Waals surface area contributed by atoms with Crippen LogP contribution in [0.3, 0.4) is 0 Å². The Kier molecular flexibility index (Phi) is 4.54. The molecule has 1 N–H and O–H groups in total.